The first kappa shape index (κ1) is 13.4. The summed E-state index contributed by atoms with van der Waals surface area (Å²) >= 11 is 1.73. The molecule has 0 aliphatic carbocycles. The van der Waals surface area contributed by atoms with E-state index in [9.17, 15) is 0 Å². The lowest BCUT2D eigenvalue weighted by molar-refractivity contribution is 0.415. The molecule has 0 spiro atoms. The van der Waals surface area contributed by atoms with Gasteiger partial charge in [-0.2, -0.15) is 5.26 Å². The lowest BCUT2D eigenvalue weighted by atomic mass is 10.1. The molecular weight excluding hydrogens is 278 g/mol. The highest BCUT2D eigenvalue weighted by molar-refractivity contribution is 7.18. The molecule has 2 nitrogen and oxygen atoms in total. The van der Waals surface area contributed by atoms with Gasteiger partial charge in [-0.15, -0.1) is 11.3 Å². The Balaban J connectivity index is 1.93. The molecule has 102 valence electrons. The van der Waals surface area contributed by atoms with Crippen molar-refractivity contribution in [1.29, 1.82) is 5.26 Å². The van der Waals surface area contributed by atoms with Gasteiger partial charge < -0.3 is 4.74 Å². The quantitative estimate of drug-likeness (QED) is 0.683. The van der Waals surface area contributed by atoms with E-state index in [1.807, 2.05) is 42.5 Å². The standard InChI is InChI=1S/C18H13NOS/c1-20-16-4-2-3-15(11-16)18-10-9-17(21-18)14-7-5-13(12-19)6-8-14/h2-11H,1H3. The summed E-state index contributed by atoms with van der Waals surface area (Å²) in [6.45, 7) is 0. The van der Waals surface area contributed by atoms with Crippen molar-refractivity contribution in [3.63, 3.8) is 0 Å². The normalized spacial score (nSPS) is 10.1. The molecule has 0 aliphatic heterocycles. The summed E-state index contributed by atoms with van der Waals surface area (Å²) in [5, 5.41) is 8.84. The Morgan fingerprint density at radius 1 is 0.905 bits per heavy atom. The Morgan fingerprint density at radius 2 is 1.62 bits per heavy atom. The van der Waals surface area contributed by atoms with Crippen LogP contribution in [0.5, 0.6) is 5.75 Å². The molecule has 0 aliphatic rings. The van der Waals surface area contributed by atoms with E-state index in [1.165, 1.54) is 9.75 Å². The van der Waals surface area contributed by atoms with Crippen LogP contribution in [0.25, 0.3) is 20.9 Å². The fourth-order valence-corrected chi connectivity index (χ4v) is 3.14. The first-order chi connectivity index (χ1) is 10.3. The summed E-state index contributed by atoms with van der Waals surface area (Å²) in [6, 6.07) is 22.1. The van der Waals surface area contributed by atoms with Gasteiger partial charge in [0.2, 0.25) is 0 Å². The molecule has 0 bridgehead atoms. The number of hydrogen-bond donors (Lipinski definition) is 0. The van der Waals surface area contributed by atoms with E-state index in [0.717, 1.165) is 16.9 Å². The van der Waals surface area contributed by atoms with Crippen LogP contribution in [-0.4, -0.2) is 7.11 Å². The summed E-state index contributed by atoms with van der Waals surface area (Å²) in [5.74, 6) is 0.862. The Bertz CT molecular complexity index is 797. The highest BCUT2D eigenvalue weighted by Crippen LogP contribution is 2.35. The predicted octanol–water partition coefficient (Wildman–Crippen LogP) is 4.96. The maximum Gasteiger partial charge on any atom is 0.119 e. The maximum atomic E-state index is 8.84. The molecule has 0 saturated heterocycles. The molecule has 0 amide bonds. The molecule has 3 heteroatoms. The van der Waals surface area contributed by atoms with Gasteiger partial charge in [0.15, 0.2) is 0 Å². The minimum absolute atomic E-state index is 0.684. The highest BCUT2D eigenvalue weighted by Gasteiger charge is 2.06. The van der Waals surface area contributed by atoms with E-state index in [-0.39, 0.29) is 0 Å². The molecule has 1 aromatic heterocycles. The van der Waals surface area contributed by atoms with Crippen molar-refractivity contribution >= 4 is 11.3 Å². The Hall–Kier alpha value is -2.57. The smallest absolute Gasteiger partial charge is 0.119 e. The number of thiophene rings is 1. The second-order valence-electron chi connectivity index (χ2n) is 4.59. The lowest BCUT2D eigenvalue weighted by Gasteiger charge is -2.02. The van der Waals surface area contributed by atoms with Gasteiger partial charge in [0.05, 0.1) is 18.7 Å². The number of nitrogens with zero attached hydrogens (tertiary/aromatic N) is 1. The van der Waals surface area contributed by atoms with Gasteiger partial charge in [0.1, 0.15) is 5.75 Å². The number of methoxy groups -OCH3 is 1. The molecule has 2 aromatic carbocycles. The number of rotatable bonds is 3. The average molecular weight is 291 g/mol. The fraction of sp³-hybridized carbons (Fsp3) is 0.0556. The minimum atomic E-state index is 0.684. The zero-order valence-corrected chi connectivity index (χ0v) is 12.4. The largest absolute Gasteiger partial charge is 0.497 e. The van der Waals surface area contributed by atoms with Crippen molar-refractivity contribution in [3.8, 4) is 32.7 Å². The topological polar surface area (TPSA) is 33.0 Å². The van der Waals surface area contributed by atoms with Crippen molar-refractivity contribution in [2.24, 2.45) is 0 Å². The zero-order chi connectivity index (χ0) is 14.7. The van der Waals surface area contributed by atoms with Crippen molar-refractivity contribution < 1.29 is 4.74 Å². The van der Waals surface area contributed by atoms with Crippen molar-refractivity contribution in [3.05, 3.63) is 66.2 Å². The number of nitriles is 1. The van der Waals surface area contributed by atoms with Crippen LogP contribution in [0.1, 0.15) is 5.56 Å². The highest BCUT2D eigenvalue weighted by atomic mass is 32.1. The van der Waals surface area contributed by atoms with E-state index in [1.54, 1.807) is 18.4 Å². The van der Waals surface area contributed by atoms with E-state index < -0.39 is 0 Å². The lowest BCUT2D eigenvalue weighted by Crippen LogP contribution is -1.81. The molecule has 1 heterocycles. The van der Waals surface area contributed by atoms with Crippen molar-refractivity contribution in [1.82, 2.24) is 0 Å². The second-order valence-corrected chi connectivity index (χ2v) is 5.67. The minimum Gasteiger partial charge on any atom is -0.497 e. The molecule has 3 rings (SSSR count). The van der Waals surface area contributed by atoms with Gasteiger partial charge in [-0.05, 0) is 47.5 Å². The molecular formula is C18H13NOS. The fourth-order valence-electron chi connectivity index (χ4n) is 2.13. The van der Waals surface area contributed by atoms with Crippen molar-refractivity contribution in [2.45, 2.75) is 0 Å². The molecule has 0 fully saturated rings. The Morgan fingerprint density at radius 3 is 2.29 bits per heavy atom. The zero-order valence-electron chi connectivity index (χ0n) is 11.5. The second kappa shape index (κ2) is 5.82. The third-order valence-electron chi connectivity index (χ3n) is 3.26. The van der Waals surface area contributed by atoms with E-state index >= 15 is 0 Å². The van der Waals surface area contributed by atoms with Crippen LogP contribution in [-0.2, 0) is 0 Å². The first-order valence-electron chi connectivity index (χ1n) is 6.55. The van der Waals surface area contributed by atoms with E-state index in [2.05, 4.69) is 24.3 Å². The maximum absolute atomic E-state index is 8.84. The first-order valence-corrected chi connectivity index (χ1v) is 7.36. The molecule has 3 aromatic rings. The van der Waals surface area contributed by atoms with E-state index in [0.29, 0.717) is 5.56 Å². The SMILES string of the molecule is COc1cccc(-c2ccc(-c3ccc(C#N)cc3)s2)c1. The average Bonchev–Trinajstić information content (AvgIpc) is 3.05. The monoisotopic (exact) mass is 291 g/mol. The van der Waals surface area contributed by atoms with Gasteiger partial charge in [-0.25, -0.2) is 0 Å². The number of hydrogen-bond acceptors (Lipinski definition) is 3. The van der Waals surface area contributed by atoms with E-state index in [4.69, 9.17) is 10.00 Å². The van der Waals surface area contributed by atoms with Gasteiger partial charge in [0, 0.05) is 9.75 Å². The number of benzene rings is 2. The van der Waals surface area contributed by atoms with Crippen LogP contribution < -0.4 is 4.74 Å². The third-order valence-corrected chi connectivity index (χ3v) is 4.44. The predicted molar refractivity (Wildman–Crippen MR) is 86.5 cm³/mol. The molecule has 0 radical (unpaired) electrons. The molecule has 0 unspecified atom stereocenters. The summed E-state index contributed by atoms with van der Waals surface area (Å²) in [4.78, 5) is 2.39. The molecule has 0 N–H and O–H groups in total. The summed E-state index contributed by atoms with van der Waals surface area (Å²) < 4.78 is 5.27. The van der Waals surface area contributed by atoms with Crippen LogP contribution in [0.4, 0.5) is 0 Å². The van der Waals surface area contributed by atoms with Gasteiger partial charge in [0.25, 0.3) is 0 Å². The summed E-state index contributed by atoms with van der Waals surface area (Å²) in [6.07, 6.45) is 0. The molecule has 0 atom stereocenters. The van der Waals surface area contributed by atoms with Gasteiger partial charge >= 0.3 is 0 Å². The van der Waals surface area contributed by atoms with Crippen LogP contribution in [0.2, 0.25) is 0 Å². The molecule has 0 saturated carbocycles. The van der Waals surface area contributed by atoms with Crippen molar-refractivity contribution in [2.75, 3.05) is 7.11 Å². The van der Waals surface area contributed by atoms with Gasteiger partial charge in [-0.1, -0.05) is 24.3 Å². The molecule has 21 heavy (non-hydrogen) atoms. The Kier molecular flexibility index (Phi) is 3.72. The third kappa shape index (κ3) is 2.81. The van der Waals surface area contributed by atoms with Crippen LogP contribution in [0.15, 0.2) is 60.7 Å². The van der Waals surface area contributed by atoms with Crippen LogP contribution in [0, 0.1) is 11.3 Å². The van der Waals surface area contributed by atoms with Crippen LogP contribution >= 0.6 is 11.3 Å². The number of ether oxygens (including phenoxy) is 1. The summed E-state index contributed by atoms with van der Waals surface area (Å²) in [7, 11) is 1.68. The van der Waals surface area contributed by atoms with Crippen LogP contribution in [0.3, 0.4) is 0 Å². The van der Waals surface area contributed by atoms with Gasteiger partial charge in [-0.3, -0.25) is 0 Å². The Labute approximate surface area is 127 Å². The summed E-state index contributed by atoms with van der Waals surface area (Å²) in [5.41, 5.74) is 2.97.